The van der Waals surface area contributed by atoms with Crippen LogP contribution in [0.2, 0.25) is 0 Å². The van der Waals surface area contributed by atoms with Crippen molar-refractivity contribution in [2.45, 2.75) is 96.8 Å². The van der Waals surface area contributed by atoms with E-state index in [-0.39, 0.29) is 12.5 Å². The van der Waals surface area contributed by atoms with Crippen molar-refractivity contribution >= 4 is 12.0 Å². The number of urea groups is 1. The van der Waals surface area contributed by atoms with Gasteiger partial charge in [-0.2, -0.15) is 0 Å². The lowest BCUT2D eigenvalue weighted by atomic mass is 10.1. The molecule has 2 N–H and O–H groups in total. The third-order valence-corrected chi connectivity index (χ3v) is 5.13. The van der Waals surface area contributed by atoms with Gasteiger partial charge in [0.05, 0.1) is 20.6 Å². The van der Waals surface area contributed by atoms with Crippen molar-refractivity contribution in [3.05, 3.63) is 0 Å². The van der Waals surface area contributed by atoms with E-state index in [1.165, 1.54) is 70.6 Å². The number of carbonyl (C=O) groups excluding carboxylic acids is 2. The van der Waals surface area contributed by atoms with Crippen molar-refractivity contribution in [2.24, 2.45) is 0 Å². The fraction of sp³-hybridized carbons (Fsp3) is 0.909. The lowest BCUT2D eigenvalue weighted by Crippen LogP contribution is -2.51. The first-order valence-electron chi connectivity index (χ1n) is 11.4. The highest BCUT2D eigenvalue weighted by Gasteiger charge is 2.15. The van der Waals surface area contributed by atoms with E-state index in [0.717, 1.165) is 6.42 Å². The van der Waals surface area contributed by atoms with Crippen LogP contribution >= 0.6 is 0 Å². The number of nitrogens with one attached hydrogen (secondary N) is 2. The number of nitrogens with zero attached hydrogens (tertiary/aromatic N) is 1. The molecular weight excluding hydrogens is 354 g/mol. The molecule has 0 fully saturated rings. The van der Waals surface area contributed by atoms with Gasteiger partial charge in [-0.25, -0.2) is 4.79 Å². The molecule has 0 aromatic rings. The molecule has 0 spiro atoms. The fourth-order valence-corrected chi connectivity index (χ4v) is 3.25. The first-order chi connectivity index (χ1) is 13.4. The number of carboxylic acids is 1. The van der Waals surface area contributed by atoms with Crippen molar-refractivity contribution in [3.8, 4) is 0 Å². The Morgan fingerprint density at radius 1 is 0.750 bits per heavy atom. The second-order valence-electron chi connectivity index (χ2n) is 8.61. The highest BCUT2D eigenvalue weighted by atomic mass is 16.4. The number of quaternary nitrogens is 1. The van der Waals surface area contributed by atoms with Gasteiger partial charge in [-0.3, -0.25) is 5.32 Å². The van der Waals surface area contributed by atoms with Crippen LogP contribution in [0, 0.1) is 0 Å². The molecule has 0 bridgehead atoms. The number of rotatable bonds is 19. The van der Waals surface area contributed by atoms with Crippen LogP contribution in [0.3, 0.4) is 0 Å². The van der Waals surface area contributed by atoms with Gasteiger partial charge in [0.15, 0.2) is 6.67 Å². The Hall–Kier alpha value is -1.30. The van der Waals surface area contributed by atoms with Gasteiger partial charge in [0.1, 0.15) is 0 Å². The van der Waals surface area contributed by atoms with E-state index in [1.54, 1.807) is 0 Å². The molecule has 6 heteroatoms. The summed E-state index contributed by atoms with van der Waals surface area (Å²) < 4.78 is 0.555. The van der Waals surface area contributed by atoms with Gasteiger partial charge >= 0.3 is 6.03 Å². The van der Waals surface area contributed by atoms with Gasteiger partial charge in [0.25, 0.3) is 0 Å². The van der Waals surface area contributed by atoms with Crippen LogP contribution in [0.4, 0.5) is 4.79 Å². The van der Waals surface area contributed by atoms with Gasteiger partial charge in [-0.15, -0.1) is 0 Å². The van der Waals surface area contributed by atoms with Crippen molar-refractivity contribution in [1.82, 2.24) is 10.6 Å². The van der Waals surface area contributed by atoms with E-state index in [1.807, 2.05) is 14.1 Å². The number of unbranched alkanes of at least 4 members (excludes halogenated alkanes) is 11. The molecule has 28 heavy (non-hydrogen) atoms. The zero-order valence-electron chi connectivity index (χ0n) is 18.7. The minimum atomic E-state index is -1.02. The van der Waals surface area contributed by atoms with Gasteiger partial charge in [-0.05, 0) is 12.8 Å². The van der Waals surface area contributed by atoms with Gasteiger partial charge in [0.2, 0.25) is 0 Å². The third-order valence-electron chi connectivity index (χ3n) is 5.13. The number of carboxylic acid groups (broad SMARTS) is 1. The smallest absolute Gasteiger partial charge is 0.319 e. The summed E-state index contributed by atoms with van der Waals surface area (Å²) >= 11 is 0. The Kier molecular flexibility index (Phi) is 16.9. The van der Waals surface area contributed by atoms with Gasteiger partial charge in [-0.1, -0.05) is 77.6 Å². The van der Waals surface area contributed by atoms with Crippen molar-refractivity contribution in [3.63, 3.8) is 0 Å². The second kappa shape index (κ2) is 17.8. The summed E-state index contributed by atoms with van der Waals surface area (Å²) in [5.74, 6) is -1.02. The Labute approximate surface area is 173 Å². The Morgan fingerprint density at radius 3 is 1.75 bits per heavy atom. The Balaban J connectivity index is 3.42. The number of aliphatic carboxylic acids is 1. The highest BCUT2D eigenvalue weighted by Crippen LogP contribution is 2.11. The molecule has 0 aliphatic rings. The van der Waals surface area contributed by atoms with E-state index in [9.17, 15) is 14.7 Å². The average Bonchev–Trinajstić information content (AvgIpc) is 2.63. The largest absolute Gasteiger partial charge is 0.550 e. The van der Waals surface area contributed by atoms with E-state index in [2.05, 4.69) is 17.6 Å². The maximum Gasteiger partial charge on any atom is 0.319 e. The number of amides is 2. The summed E-state index contributed by atoms with van der Waals surface area (Å²) in [5, 5.41) is 16.2. The molecule has 0 atom stereocenters. The molecule has 0 saturated heterocycles. The molecule has 0 heterocycles. The monoisotopic (exact) mass is 399 g/mol. The standard InChI is InChI=1S/C22H45N3O3/c1-4-5-6-7-8-9-10-11-12-13-14-15-18-23-22(28)24-20-25(2,3)19-16-17-21(26)27/h4-20H2,1-3H3,(H2-,23,24,26,27,28). The molecule has 0 saturated carbocycles. The molecule has 0 unspecified atom stereocenters. The predicted molar refractivity (Wildman–Crippen MR) is 114 cm³/mol. The number of hydrogen-bond acceptors (Lipinski definition) is 3. The third kappa shape index (κ3) is 19.5. The predicted octanol–water partition coefficient (Wildman–Crippen LogP) is 3.55. The normalized spacial score (nSPS) is 11.4. The first kappa shape index (κ1) is 26.7. The van der Waals surface area contributed by atoms with Crippen LogP contribution in [0.1, 0.15) is 96.8 Å². The summed E-state index contributed by atoms with van der Waals surface area (Å²) in [6, 6.07) is -0.144. The summed E-state index contributed by atoms with van der Waals surface area (Å²) in [6.07, 6.45) is 16.3. The molecule has 0 aromatic carbocycles. The van der Waals surface area contributed by atoms with E-state index in [4.69, 9.17) is 0 Å². The minimum Gasteiger partial charge on any atom is -0.550 e. The molecule has 2 amide bonds. The maximum absolute atomic E-state index is 11.8. The zero-order valence-corrected chi connectivity index (χ0v) is 18.7. The zero-order chi connectivity index (χ0) is 21.1. The van der Waals surface area contributed by atoms with Crippen LogP contribution in [0.15, 0.2) is 0 Å². The summed E-state index contributed by atoms with van der Waals surface area (Å²) in [4.78, 5) is 22.3. The molecule has 0 aliphatic carbocycles. The van der Waals surface area contributed by atoms with E-state index >= 15 is 0 Å². The van der Waals surface area contributed by atoms with Crippen LogP contribution in [0.25, 0.3) is 0 Å². The molecule has 0 aromatic heterocycles. The summed E-state index contributed by atoms with van der Waals surface area (Å²) in [7, 11) is 3.95. The van der Waals surface area contributed by atoms with Gasteiger partial charge < -0.3 is 19.7 Å². The van der Waals surface area contributed by atoms with Crippen molar-refractivity contribution in [1.29, 1.82) is 0 Å². The van der Waals surface area contributed by atoms with Crippen molar-refractivity contribution in [2.75, 3.05) is 33.9 Å². The number of hydrogen-bond donors (Lipinski definition) is 2. The van der Waals surface area contributed by atoms with Crippen molar-refractivity contribution < 1.29 is 19.2 Å². The SMILES string of the molecule is CCCCCCCCCCCCCCNC(=O)NC[N+](C)(C)CCCC(=O)[O-]. The molecule has 0 aliphatic heterocycles. The van der Waals surface area contributed by atoms with Gasteiger partial charge in [0, 0.05) is 18.9 Å². The van der Waals surface area contributed by atoms with Crippen LogP contribution < -0.4 is 15.7 Å². The van der Waals surface area contributed by atoms with Crippen LogP contribution in [0.5, 0.6) is 0 Å². The fourth-order valence-electron chi connectivity index (χ4n) is 3.25. The van der Waals surface area contributed by atoms with E-state index in [0.29, 0.717) is 30.7 Å². The van der Waals surface area contributed by atoms with Crippen LogP contribution in [-0.2, 0) is 4.79 Å². The van der Waals surface area contributed by atoms with Crippen LogP contribution in [-0.4, -0.2) is 50.3 Å². The topological polar surface area (TPSA) is 81.3 Å². The molecule has 6 nitrogen and oxygen atoms in total. The number of carbonyl (C=O) groups is 2. The summed E-state index contributed by atoms with van der Waals surface area (Å²) in [6.45, 7) is 4.14. The highest BCUT2D eigenvalue weighted by molar-refractivity contribution is 5.73. The minimum absolute atomic E-state index is 0.0623. The van der Waals surface area contributed by atoms with E-state index < -0.39 is 5.97 Å². The lowest BCUT2D eigenvalue weighted by molar-refractivity contribution is -0.892. The average molecular weight is 400 g/mol. The molecule has 0 radical (unpaired) electrons. The maximum atomic E-state index is 11.8. The lowest BCUT2D eigenvalue weighted by Gasteiger charge is -2.29. The Bertz CT molecular complexity index is 400. The Morgan fingerprint density at radius 2 is 1.25 bits per heavy atom. The first-order valence-corrected chi connectivity index (χ1v) is 11.4. The molecule has 166 valence electrons. The molecular formula is C22H45N3O3. The summed E-state index contributed by atoms with van der Waals surface area (Å²) in [5.41, 5.74) is 0. The quantitative estimate of drug-likeness (QED) is 0.198. The second-order valence-corrected chi connectivity index (χ2v) is 8.61. The molecule has 0 rings (SSSR count).